The second-order valence-electron chi connectivity index (χ2n) is 4.64. The average Bonchev–Trinajstić information content (AvgIpc) is 2.53. The van der Waals surface area contributed by atoms with Crippen LogP contribution in [0.25, 0.3) is 0 Å². The first-order chi connectivity index (χ1) is 9.67. The lowest BCUT2D eigenvalue weighted by Gasteiger charge is -2.23. The van der Waals surface area contributed by atoms with Crippen molar-refractivity contribution < 1.29 is 0 Å². The molecule has 0 amide bonds. The van der Waals surface area contributed by atoms with Crippen LogP contribution in [-0.2, 0) is 0 Å². The monoisotopic (exact) mass is 266 g/mol. The maximum Gasteiger partial charge on any atom is 0.137 e. The fourth-order valence-electron chi connectivity index (χ4n) is 2.07. The summed E-state index contributed by atoms with van der Waals surface area (Å²) in [5.41, 5.74) is 2.81. The zero-order valence-electron chi connectivity index (χ0n) is 12.0. The maximum atomic E-state index is 8.85. The summed E-state index contributed by atoms with van der Waals surface area (Å²) in [5.74, 6) is 0.916. The van der Waals surface area contributed by atoms with Crippen LogP contribution in [0.3, 0.4) is 0 Å². The molecule has 0 aliphatic carbocycles. The van der Waals surface area contributed by atoms with E-state index < -0.39 is 0 Å². The first kappa shape index (κ1) is 14.0. The van der Waals surface area contributed by atoms with Gasteiger partial charge in [0.15, 0.2) is 0 Å². The van der Waals surface area contributed by atoms with Crippen molar-refractivity contribution in [2.45, 2.75) is 13.0 Å². The van der Waals surface area contributed by atoms with Crippen LogP contribution in [0.5, 0.6) is 0 Å². The third-order valence-electron chi connectivity index (χ3n) is 3.42. The van der Waals surface area contributed by atoms with Crippen molar-refractivity contribution >= 4 is 11.5 Å². The summed E-state index contributed by atoms with van der Waals surface area (Å²) < 4.78 is 0. The lowest BCUT2D eigenvalue weighted by Crippen LogP contribution is -2.19. The van der Waals surface area contributed by atoms with E-state index in [0.29, 0.717) is 5.56 Å². The number of hydrogen-bond donors (Lipinski definition) is 1. The molecule has 0 bridgehead atoms. The van der Waals surface area contributed by atoms with Crippen LogP contribution >= 0.6 is 0 Å². The van der Waals surface area contributed by atoms with Crippen LogP contribution in [0.2, 0.25) is 0 Å². The average molecular weight is 266 g/mol. The van der Waals surface area contributed by atoms with Gasteiger partial charge >= 0.3 is 0 Å². The minimum absolute atomic E-state index is 0.222. The Morgan fingerprint density at radius 2 is 1.95 bits per heavy atom. The number of nitrogens with zero attached hydrogens (tertiary/aromatic N) is 3. The quantitative estimate of drug-likeness (QED) is 0.924. The first-order valence-electron chi connectivity index (χ1n) is 6.53. The van der Waals surface area contributed by atoms with Crippen LogP contribution in [0.15, 0.2) is 42.6 Å². The smallest absolute Gasteiger partial charge is 0.137 e. The molecule has 0 aliphatic heterocycles. The molecule has 102 valence electrons. The van der Waals surface area contributed by atoms with Crippen LogP contribution in [-0.4, -0.2) is 19.1 Å². The van der Waals surface area contributed by atoms with Crippen LogP contribution < -0.4 is 10.2 Å². The third-order valence-corrected chi connectivity index (χ3v) is 3.42. The zero-order valence-corrected chi connectivity index (χ0v) is 12.0. The van der Waals surface area contributed by atoms with Crippen molar-refractivity contribution in [1.82, 2.24) is 10.3 Å². The lowest BCUT2D eigenvalue weighted by atomic mass is 10.1. The van der Waals surface area contributed by atoms with Crippen LogP contribution in [0.4, 0.5) is 11.5 Å². The standard InChI is InChI=1S/C16H18N4/c1-12(18-2)15-5-4-10-19-16(15)20(3)14-8-6-13(11-17)7-9-14/h4-10,12,18H,1-3H3. The van der Waals surface area contributed by atoms with Gasteiger partial charge in [0.1, 0.15) is 5.82 Å². The number of hydrogen-bond acceptors (Lipinski definition) is 4. The van der Waals surface area contributed by atoms with Crippen molar-refractivity contribution in [2.75, 3.05) is 19.0 Å². The molecule has 0 aliphatic rings. The SMILES string of the molecule is CNC(C)c1cccnc1N(C)c1ccc(C#N)cc1. The van der Waals surface area contributed by atoms with Crippen LogP contribution in [0.1, 0.15) is 24.1 Å². The fourth-order valence-corrected chi connectivity index (χ4v) is 2.07. The molecular weight excluding hydrogens is 248 g/mol. The fraction of sp³-hybridized carbons (Fsp3) is 0.250. The molecule has 1 heterocycles. The molecule has 4 heteroatoms. The molecule has 2 aromatic rings. The summed E-state index contributed by atoms with van der Waals surface area (Å²) in [6.07, 6.45) is 1.79. The predicted molar refractivity (Wildman–Crippen MR) is 80.9 cm³/mol. The summed E-state index contributed by atoms with van der Waals surface area (Å²) in [6, 6.07) is 13.9. The Balaban J connectivity index is 2.37. The Morgan fingerprint density at radius 3 is 2.55 bits per heavy atom. The van der Waals surface area contributed by atoms with Gasteiger partial charge in [0.25, 0.3) is 0 Å². The Hall–Kier alpha value is -2.38. The highest BCUT2D eigenvalue weighted by Crippen LogP contribution is 2.28. The molecule has 1 atom stereocenters. The largest absolute Gasteiger partial charge is 0.329 e. The predicted octanol–water partition coefficient (Wildman–Crippen LogP) is 3.00. The van der Waals surface area contributed by atoms with Crippen molar-refractivity contribution in [3.05, 3.63) is 53.7 Å². The number of nitriles is 1. The van der Waals surface area contributed by atoms with Gasteiger partial charge in [-0.05, 0) is 44.3 Å². The molecule has 1 unspecified atom stereocenters. The van der Waals surface area contributed by atoms with E-state index in [2.05, 4.69) is 29.4 Å². The molecule has 20 heavy (non-hydrogen) atoms. The van der Waals surface area contributed by atoms with E-state index >= 15 is 0 Å². The number of anilines is 2. The summed E-state index contributed by atoms with van der Waals surface area (Å²) in [5, 5.41) is 12.1. The van der Waals surface area contributed by atoms with E-state index in [1.807, 2.05) is 49.3 Å². The topological polar surface area (TPSA) is 52.0 Å². The highest BCUT2D eigenvalue weighted by atomic mass is 15.2. The minimum atomic E-state index is 0.222. The third kappa shape index (κ3) is 2.79. The van der Waals surface area contributed by atoms with E-state index in [0.717, 1.165) is 17.1 Å². The molecule has 0 saturated heterocycles. The molecule has 0 saturated carbocycles. The summed E-state index contributed by atoms with van der Waals surface area (Å²) in [6.45, 7) is 2.10. The van der Waals surface area contributed by atoms with Crippen molar-refractivity contribution in [2.24, 2.45) is 0 Å². The Morgan fingerprint density at radius 1 is 1.25 bits per heavy atom. The van der Waals surface area contributed by atoms with E-state index in [1.165, 1.54) is 0 Å². The number of aromatic nitrogens is 1. The van der Waals surface area contributed by atoms with Gasteiger partial charge in [-0.15, -0.1) is 0 Å². The highest BCUT2D eigenvalue weighted by molar-refractivity contribution is 5.63. The molecule has 1 N–H and O–H groups in total. The van der Waals surface area contributed by atoms with Crippen molar-refractivity contribution in [3.63, 3.8) is 0 Å². The van der Waals surface area contributed by atoms with Gasteiger partial charge in [-0.2, -0.15) is 5.26 Å². The van der Waals surface area contributed by atoms with Gasteiger partial charge in [0.05, 0.1) is 11.6 Å². The summed E-state index contributed by atoms with van der Waals surface area (Å²) in [4.78, 5) is 6.52. The van der Waals surface area contributed by atoms with Gasteiger partial charge in [0, 0.05) is 30.5 Å². The van der Waals surface area contributed by atoms with E-state index in [9.17, 15) is 0 Å². The minimum Gasteiger partial charge on any atom is -0.329 e. The number of pyridine rings is 1. The van der Waals surface area contributed by atoms with Gasteiger partial charge in [-0.25, -0.2) is 4.98 Å². The Kier molecular flexibility index (Phi) is 4.34. The summed E-state index contributed by atoms with van der Waals surface area (Å²) in [7, 11) is 3.92. The number of nitrogens with one attached hydrogen (secondary N) is 1. The Bertz CT molecular complexity index is 613. The van der Waals surface area contributed by atoms with Crippen molar-refractivity contribution in [1.29, 1.82) is 5.26 Å². The molecule has 1 aromatic heterocycles. The molecule has 0 radical (unpaired) electrons. The maximum absolute atomic E-state index is 8.85. The zero-order chi connectivity index (χ0) is 14.5. The Labute approximate surface area is 119 Å². The van der Waals surface area contributed by atoms with Gasteiger partial charge in [0.2, 0.25) is 0 Å². The molecule has 1 aromatic carbocycles. The van der Waals surface area contributed by atoms with Crippen LogP contribution in [0, 0.1) is 11.3 Å². The van der Waals surface area contributed by atoms with Gasteiger partial charge in [-0.3, -0.25) is 0 Å². The molecule has 0 fully saturated rings. The van der Waals surface area contributed by atoms with E-state index in [1.54, 1.807) is 6.20 Å². The van der Waals surface area contributed by atoms with E-state index in [-0.39, 0.29) is 6.04 Å². The first-order valence-corrected chi connectivity index (χ1v) is 6.53. The molecule has 4 nitrogen and oxygen atoms in total. The van der Waals surface area contributed by atoms with Gasteiger partial charge in [-0.1, -0.05) is 6.07 Å². The molecular formula is C16H18N4. The van der Waals surface area contributed by atoms with E-state index in [4.69, 9.17) is 5.26 Å². The second-order valence-corrected chi connectivity index (χ2v) is 4.64. The normalized spacial score (nSPS) is 11.7. The summed E-state index contributed by atoms with van der Waals surface area (Å²) >= 11 is 0. The van der Waals surface area contributed by atoms with Gasteiger partial charge < -0.3 is 10.2 Å². The highest BCUT2D eigenvalue weighted by Gasteiger charge is 2.14. The number of rotatable bonds is 4. The number of benzene rings is 1. The molecule has 2 rings (SSSR count). The second kappa shape index (κ2) is 6.18. The lowest BCUT2D eigenvalue weighted by molar-refractivity contribution is 0.649. The van der Waals surface area contributed by atoms with Crippen molar-refractivity contribution in [3.8, 4) is 6.07 Å². The molecule has 0 spiro atoms.